The van der Waals surface area contributed by atoms with E-state index in [1.54, 1.807) is 18.3 Å². The summed E-state index contributed by atoms with van der Waals surface area (Å²) in [6.07, 6.45) is 2.60. The van der Waals surface area contributed by atoms with E-state index in [4.69, 9.17) is 4.74 Å². The number of nitrogens with zero attached hydrogens (tertiary/aromatic N) is 1. The van der Waals surface area contributed by atoms with Crippen LogP contribution in [0.5, 0.6) is 5.88 Å². The van der Waals surface area contributed by atoms with Crippen molar-refractivity contribution in [3.8, 4) is 5.88 Å². The Morgan fingerprint density at radius 1 is 1.56 bits per heavy atom. The lowest BCUT2D eigenvalue weighted by molar-refractivity contribution is 0.0932. The molecule has 1 aromatic rings. The lowest BCUT2D eigenvalue weighted by atomic mass is 9.90. The van der Waals surface area contributed by atoms with Gasteiger partial charge in [-0.2, -0.15) is 0 Å². The number of ether oxygens (including phenoxy) is 1. The van der Waals surface area contributed by atoms with Gasteiger partial charge in [0.15, 0.2) is 0 Å². The van der Waals surface area contributed by atoms with Crippen molar-refractivity contribution in [2.75, 3.05) is 19.0 Å². The van der Waals surface area contributed by atoms with Crippen molar-refractivity contribution in [1.82, 2.24) is 10.3 Å². The zero-order valence-corrected chi connectivity index (χ0v) is 12.6. The molecule has 0 fully saturated rings. The molecule has 0 spiro atoms. The Hall–Kier alpha value is -1.10. The molecule has 0 saturated carbocycles. The molecular weight excluding hydrogens is 296 g/mol. The van der Waals surface area contributed by atoms with Crippen LogP contribution in [-0.2, 0) is 0 Å². The van der Waals surface area contributed by atoms with Gasteiger partial charge in [-0.3, -0.25) is 4.79 Å². The fraction of sp³-hybridized carbons (Fsp3) is 0.538. The minimum Gasteiger partial charge on any atom is -0.480 e. The van der Waals surface area contributed by atoms with Crippen LogP contribution >= 0.6 is 15.9 Å². The molecule has 0 saturated heterocycles. The van der Waals surface area contributed by atoms with E-state index in [0.29, 0.717) is 18.0 Å². The first kappa shape index (κ1) is 15.0. The number of amides is 1. The number of hydrogen-bond donors (Lipinski definition) is 1. The quantitative estimate of drug-likeness (QED) is 0.821. The fourth-order valence-electron chi connectivity index (χ4n) is 1.49. The summed E-state index contributed by atoms with van der Waals surface area (Å²) in [4.78, 5) is 16.0. The molecule has 0 aliphatic heterocycles. The summed E-state index contributed by atoms with van der Waals surface area (Å²) in [6.45, 7) is 4.86. The summed E-state index contributed by atoms with van der Waals surface area (Å²) in [7, 11) is 1.51. The molecule has 1 amide bonds. The maximum atomic E-state index is 12.0. The highest BCUT2D eigenvalue weighted by Gasteiger charge is 2.20. The number of halogens is 1. The van der Waals surface area contributed by atoms with Crippen LogP contribution in [0, 0.1) is 5.41 Å². The molecule has 4 nitrogen and oxygen atoms in total. The van der Waals surface area contributed by atoms with Crippen LogP contribution in [0.25, 0.3) is 0 Å². The summed E-state index contributed by atoms with van der Waals surface area (Å²) >= 11 is 3.42. The Kier molecular flexibility index (Phi) is 5.59. The van der Waals surface area contributed by atoms with Crippen molar-refractivity contribution in [3.05, 3.63) is 23.9 Å². The predicted molar refractivity (Wildman–Crippen MR) is 75.3 cm³/mol. The van der Waals surface area contributed by atoms with Gasteiger partial charge in [0.1, 0.15) is 5.56 Å². The predicted octanol–water partition coefficient (Wildman–Crippen LogP) is 2.63. The van der Waals surface area contributed by atoms with Gasteiger partial charge >= 0.3 is 0 Å². The van der Waals surface area contributed by atoms with Crippen molar-refractivity contribution in [2.24, 2.45) is 5.41 Å². The first-order valence-corrected chi connectivity index (χ1v) is 6.95. The lowest BCUT2D eigenvalue weighted by Crippen LogP contribution is -2.34. The minimum absolute atomic E-state index is 0.0641. The molecule has 0 atom stereocenters. The smallest absolute Gasteiger partial charge is 0.256 e. The summed E-state index contributed by atoms with van der Waals surface area (Å²) in [5.74, 6) is 0.205. The van der Waals surface area contributed by atoms with Gasteiger partial charge < -0.3 is 10.1 Å². The van der Waals surface area contributed by atoms with Crippen LogP contribution in [0.2, 0.25) is 0 Å². The van der Waals surface area contributed by atoms with Crippen molar-refractivity contribution in [3.63, 3.8) is 0 Å². The summed E-state index contributed by atoms with van der Waals surface area (Å²) in [5.41, 5.74) is 0.531. The van der Waals surface area contributed by atoms with Crippen LogP contribution in [0.1, 0.15) is 30.6 Å². The lowest BCUT2D eigenvalue weighted by Gasteiger charge is -2.24. The molecule has 0 bridgehead atoms. The van der Waals surface area contributed by atoms with E-state index in [9.17, 15) is 4.79 Å². The van der Waals surface area contributed by atoms with E-state index >= 15 is 0 Å². The number of nitrogens with one attached hydrogen (secondary N) is 1. The van der Waals surface area contributed by atoms with Gasteiger partial charge in [0.2, 0.25) is 5.88 Å². The zero-order chi connectivity index (χ0) is 13.6. The molecule has 0 aromatic carbocycles. The van der Waals surface area contributed by atoms with Gasteiger partial charge in [-0.05, 0) is 24.0 Å². The third-order valence-corrected chi connectivity index (χ3v) is 3.10. The van der Waals surface area contributed by atoms with Crippen molar-refractivity contribution >= 4 is 21.8 Å². The number of carbonyl (C=O) groups excluding carboxylic acids is 1. The standard InChI is InChI=1S/C13H19BrN2O2/c1-13(2,6-7-14)9-16-11(17)10-5-4-8-15-12(10)18-3/h4-5,8H,6-7,9H2,1-3H3,(H,16,17). The third kappa shape index (κ3) is 4.29. The van der Waals surface area contributed by atoms with Crippen LogP contribution in [-0.4, -0.2) is 29.9 Å². The average Bonchev–Trinajstić information content (AvgIpc) is 2.36. The minimum atomic E-state index is -0.150. The van der Waals surface area contributed by atoms with E-state index in [2.05, 4.69) is 40.1 Å². The maximum Gasteiger partial charge on any atom is 0.256 e. The molecule has 0 aliphatic rings. The molecule has 5 heteroatoms. The monoisotopic (exact) mass is 314 g/mol. The molecule has 1 N–H and O–H groups in total. The summed E-state index contributed by atoms with van der Waals surface area (Å²) < 4.78 is 5.07. The largest absolute Gasteiger partial charge is 0.480 e. The van der Waals surface area contributed by atoms with Gasteiger partial charge in [0.25, 0.3) is 5.91 Å². The number of methoxy groups -OCH3 is 1. The van der Waals surface area contributed by atoms with E-state index < -0.39 is 0 Å². The second-order valence-corrected chi connectivity index (χ2v) is 5.64. The highest BCUT2D eigenvalue weighted by Crippen LogP contribution is 2.20. The molecular formula is C13H19BrN2O2. The fourth-order valence-corrected chi connectivity index (χ4v) is 2.56. The van der Waals surface area contributed by atoms with Gasteiger partial charge in [0, 0.05) is 18.1 Å². The maximum absolute atomic E-state index is 12.0. The number of pyridine rings is 1. The molecule has 0 unspecified atom stereocenters. The molecule has 0 aliphatic carbocycles. The number of hydrogen-bond acceptors (Lipinski definition) is 3. The van der Waals surface area contributed by atoms with Gasteiger partial charge in [0.05, 0.1) is 7.11 Å². The second-order valence-electron chi connectivity index (χ2n) is 4.85. The summed E-state index contributed by atoms with van der Waals surface area (Å²) in [5, 5.41) is 3.84. The molecule has 100 valence electrons. The van der Waals surface area contributed by atoms with E-state index in [1.165, 1.54) is 7.11 Å². The van der Waals surface area contributed by atoms with Crippen LogP contribution in [0.4, 0.5) is 0 Å². The highest BCUT2D eigenvalue weighted by atomic mass is 79.9. The normalized spacial score (nSPS) is 11.1. The van der Waals surface area contributed by atoms with Gasteiger partial charge in [-0.1, -0.05) is 29.8 Å². The van der Waals surface area contributed by atoms with E-state index in [-0.39, 0.29) is 11.3 Å². The Bertz CT molecular complexity index is 408. The van der Waals surface area contributed by atoms with Crippen molar-refractivity contribution in [2.45, 2.75) is 20.3 Å². The molecule has 18 heavy (non-hydrogen) atoms. The van der Waals surface area contributed by atoms with Crippen LogP contribution in [0.3, 0.4) is 0 Å². The number of carbonyl (C=O) groups is 1. The Morgan fingerprint density at radius 2 is 2.28 bits per heavy atom. The first-order chi connectivity index (χ1) is 8.50. The number of aromatic nitrogens is 1. The zero-order valence-electron chi connectivity index (χ0n) is 11.0. The average molecular weight is 315 g/mol. The van der Waals surface area contributed by atoms with Crippen molar-refractivity contribution in [1.29, 1.82) is 0 Å². The van der Waals surface area contributed by atoms with Crippen LogP contribution in [0.15, 0.2) is 18.3 Å². The summed E-state index contributed by atoms with van der Waals surface area (Å²) in [6, 6.07) is 3.43. The highest BCUT2D eigenvalue weighted by molar-refractivity contribution is 9.09. The van der Waals surface area contributed by atoms with Gasteiger partial charge in [-0.15, -0.1) is 0 Å². The third-order valence-electron chi connectivity index (χ3n) is 2.71. The topological polar surface area (TPSA) is 51.2 Å². The van der Waals surface area contributed by atoms with Gasteiger partial charge in [-0.25, -0.2) is 4.98 Å². The van der Waals surface area contributed by atoms with Crippen LogP contribution < -0.4 is 10.1 Å². The first-order valence-electron chi connectivity index (χ1n) is 5.83. The molecule has 1 aromatic heterocycles. The second kappa shape index (κ2) is 6.73. The van der Waals surface area contributed by atoms with E-state index in [1.807, 2.05) is 0 Å². The molecule has 1 heterocycles. The SMILES string of the molecule is COc1ncccc1C(=O)NCC(C)(C)CCBr. The molecule has 0 radical (unpaired) electrons. The van der Waals surface area contributed by atoms with E-state index in [0.717, 1.165) is 11.8 Å². The van der Waals surface area contributed by atoms with Crippen molar-refractivity contribution < 1.29 is 9.53 Å². The number of alkyl halides is 1. The Labute approximate surface area is 116 Å². The Morgan fingerprint density at radius 3 is 2.89 bits per heavy atom. The number of rotatable bonds is 6. The molecule has 1 rings (SSSR count). The Balaban J connectivity index is 2.66.